The largest absolute Gasteiger partial charge is 0.328 e. The molecule has 1 saturated heterocycles. The fourth-order valence-electron chi connectivity index (χ4n) is 2.61. The first kappa shape index (κ1) is 12.8. The van der Waals surface area contributed by atoms with E-state index in [1.54, 1.807) is 23.1 Å². The van der Waals surface area contributed by atoms with Crippen LogP contribution in [0, 0.1) is 5.82 Å². The summed E-state index contributed by atoms with van der Waals surface area (Å²) in [4.78, 5) is 13.6. The first-order chi connectivity index (χ1) is 9.68. The molecule has 3 rings (SSSR count). The summed E-state index contributed by atoms with van der Waals surface area (Å²) in [5.41, 5.74) is 7.34. The zero-order chi connectivity index (χ0) is 14.1. The summed E-state index contributed by atoms with van der Waals surface area (Å²) < 4.78 is 13.9. The van der Waals surface area contributed by atoms with Crippen molar-refractivity contribution in [2.75, 3.05) is 0 Å². The van der Waals surface area contributed by atoms with Crippen molar-refractivity contribution in [2.45, 2.75) is 18.6 Å². The van der Waals surface area contributed by atoms with Gasteiger partial charge >= 0.3 is 0 Å². The molecule has 0 saturated carbocycles. The number of β-lactam (4-membered cyclic amide) rings is 1. The van der Waals surface area contributed by atoms with Gasteiger partial charge in [-0.3, -0.25) is 4.79 Å². The SMILES string of the molecule is NC1C(=O)N(Cc2ccccc2)C1c1ccccc1F. The number of carbonyl (C=O) groups is 1. The highest BCUT2D eigenvalue weighted by Crippen LogP contribution is 2.36. The third-order valence-corrected chi connectivity index (χ3v) is 3.66. The number of carbonyl (C=O) groups excluding carboxylic acids is 1. The number of likely N-dealkylation sites (tertiary alicyclic amines) is 1. The van der Waals surface area contributed by atoms with Gasteiger partial charge in [0, 0.05) is 12.1 Å². The molecule has 20 heavy (non-hydrogen) atoms. The Kier molecular flexibility index (Phi) is 3.24. The normalized spacial score (nSPS) is 21.7. The van der Waals surface area contributed by atoms with E-state index in [-0.39, 0.29) is 17.8 Å². The zero-order valence-corrected chi connectivity index (χ0v) is 10.9. The Morgan fingerprint density at radius 1 is 1.05 bits per heavy atom. The molecule has 1 heterocycles. The predicted octanol–water partition coefficient (Wildman–Crippen LogP) is 2.24. The summed E-state index contributed by atoms with van der Waals surface area (Å²) in [6, 6.07) is 15.1. The van der Waals surface area contributed by atoms with E-state index in [1.165, 1.54) is 6.07 Å². The minimum Gasteiger partial charge on any atom is -0.328 e. The molecule has 102 valence electrons. The Bertz CT molecular complexity index is 629. The average molecular weight is 270 g/mol. The predicted molar refractivity (Wildman–Crippen MR) is 74.1 cm³/mol. The van der Waals surface area contributed by atoms with Crippen LogP contribution < -0.4 is 5.73 Å². The van der Waals surface area contributed by atoms with Gasteiger partial charge < -0.3 is 10.6 Å². The van der Waals surface area contributed by atoms with E-state index in [4.69, 9.17) is 5.73 Å². The standard InChI is InChI=1S/C16H15FN2O/c17-13-9-5-4-8-12(13)15-14(18)16(20)19(15)10-11-6-2-1-3-7-11/h1-9,14-15H,10,18H2. The van der Waals surface area contributed by atoms with Crippen LogP contribution in [0.5, 0.6) is 0 Å². The maximum absolute atomic E-state index is 13.9. The second-order valence-electron chi connectivity index (χ2n) is 4.94. The average Bonchev–Trinajstić information content (AvgIpc) is 2.49. The Hall–Kier alpha value is -2.20. The van der Waals surface area contributed by atoms with Crippen molar-refractivity contribution in [2.24, 2.45) is 5.73 Å². The van der Waals surface area contributed by atoms with Gasteiger partial charge in [0.2, 0.25) is 5.91 Å². The van der Waals surface area contributed by atoms with Gasteiger partial charge in [-0.25, -0.2) is 4.39 Å². The number of hydrogen-bond acceptors (Lipinski definition) is 2. The van der Waals surface area contributed by atoms with Gasteiger partial charge in [0.25, 0.3) is 0 Å². The summed E-state index contributed by atoms with van der Waals surface area (Å²) in [6.07, 6.45) is 0. The molecule has 2 unspecified atom stereocenters. The maximum atomic E-state index is 13.9. The van der Waals surface area contributed by atoms with E-state index in [2.05, 4.69) is 0 Å². The van der Waals surface area contributed by atoms with Crippen molar-refractivity contribution in [1.82, 2.24) is 4.90 Å². The molecule has 1 aliphatic heterocycles. The fraction of sp³-hybridized carbons (Fsp3) is 0.188. The van der Waals surface area contributed by atoms with Crippen molar-refractivity contribution in [3.8, 4) is 0 Å². The molecule has 0 spiro atoms. The van der Waals surface area contributed by atoms with Gasteiger partial charge in [-0.1, -0.05) is 48.5 Å². The number of rotatable bonds is 3. The molecule has 2 N–H and O–H groups in total. The molecular weight excluding hydrogens is 255 g/mol. The minimum absolute atomic E-state index is 0.137. The lowest BCUT2D eigenvalue weighted by atomic mass is 9.88. The molecule has 0 radical (unpaired) electrons. The van der Waals surface area contributed by atoms with E-state index in [0.717, 1.165) is 5.56 Å². The number of halogens is 1. The van der Waals surface area contributed by atoms with Crippen LogP contribution in [0.15, 0.2) is 54.6 Å². The van der Waals surface area contributed by atoms with E-state index in [1.807, 2.05) is 30.3 Å². The highest BCUT2D eigenvalue weighted by atomic mass is 19.1. The molecule has 0 aromatic heterocycles. The molecule has 0 aliphatic carbocycles. The first-order valence-corrected chi connectivity index (χ1v) is 6.53. The summed E-state index contributed by atoms with van der Waals surface area (Å²) >= 11 is 0. The zero-order valence-electron chi connectivity index (χ0n) is 10.9. The molecule has 0 bridgehead atoms. The summed E-state index contributed by atoms with van der Waals surface area (Å²) in [6.45, 7) is 0.451. The van der Waals surface area contributed by atoms with Gasteiger partial charge in [0.05, 0.1) is 6.04 Å². The van der Waals surface area contributed by atoms with E-state index in [0.29, 0.717) is 12.1 Å². The van der Waals surface area contributed by atoms with Gasteiger partial charge in [0.15, 0.2) is 0 Å². The van der Waals surface area contributed by atoms with Gasteiger partial charge in [-0.2, -0.15) is 0 Å². The van der Waals surface area contributed by atoms with Crippen LogP contribution >= 0.6 is 0 Å². The van der Waals surface area contributed by atoms with Crippen LogP contribution in [-0.4, -0.2) is 16.8 Å². The first-order valence-electron chi connectivity index (χ1n) is 6.53. The Morgan fingerprint density at radius 2 is 1.70 bits per heavy atom. The number of amides is 1. The van der Waals surface area contributed by atoms with Crippen LogP contribution in [0.4, 0.5) is 4.39 Å². The van der Waals surface area contributed by atoms with Crippen molar-refractivity contribution in [3.05, 3.63) is 71.5 Å². The van der Waals surface area contributed by atoms with Crippen LogP contribution in [0.3, 0.4) is 0 Å². The third-order valence-electron chi connectivity index (χ3n) is 3.66. The Labute approximate surface area is 116 Å². The lowest BCUT2D eigenvalue weighted by Gasteiger charge is -2.45. The van der Waals surface area contributed by atoms with E-state index < -0.39 is 6.04 Å². The quantitative estimate of drug-likeness (QED) is 0.869. The van der Waals surface area contributed by atoms with Crippen LogP contribution in [0.25, 0.3) is 0 Å². The molecule has 1 fully saturated rings. The molecule has 2 atom stereocenters. The Balaban J connectivity index is 1.87. The topological polar surface area (TPSA) is 46.3 Å². The highest BCUT2D eigenvalue weighted by molar-refractivity contribution is 5.89. The van der Waals surface area contributed by atoms with E-state index in [9.17, 15) is 9.18 Å². The number of hydrogen-bond donors (Lipinski definition) is 1. The van der Waals surface area contributed by atoms with Crippen molar-refractivity contribution in [3.63, 3.8) is 0 Å². The molecule has 1 amide bonds. The molecule has 2 aromatic carbocycles. The Morgan fingerprint density at radius 3 is 2.40 bits per heavy atom. The summed E-state index contributed by atoms with van der Waals surface area (Å²) in [7, 11) is 0. The number of nitrogens with two attached hydrogens (primary N) is 1. The smallest absolute Gasteiger partial charge is 0.242 e. The molecule has 2 aromatic rings. The fourth-order valence-corrected chi connectivity index (χ4v) is 2.61. The van der Waals surface area contributed by atoms with Gasteiger partial charge in [0.1, 0.15) is 11.9 Å². The number of benzene rings is 2. The second kappa shape index (κ2) is 5.06. The van der Waals surface area contributed by atoms with Crippen molar-refractivity contribution >= 4 is 5.91 Å². The lowest BCUT2D eigenvalue weighted by Crippen LogP contribution is -2.62. The number of nitrogens with zero attached hydrogens (tertiary/aromatic N) is 1. The van der Waals surface area contributed by atoms with Crippen LogP contribution in [0.2, 0.25) is 0 Å². The second-order valence-corrected chi connectivity index (χ2v) is 4.94. The minimum atomic E-state index is -0.657. The molecule has 1 aliphatic rings. The van der Waals surface area contributed by atoms with Gasteiger partial charge in [-0.05, 0) is 11.6 Å². The third kappa shape index (κ3) is 2.08. The summed E-state index contributed by atoms with van der Waals surface area (Å²) in [5.74, 6) is -0.458. The lowest BCUT2D eigenvalue weighted by molar-refractivity contribution is -0.150. The van der Waals surface area contributed by atoms with E-state index >= 15 is 0 Å². The molecule has 4 heteroatoms. The van der Waals surface area contributed by atoms with Gasteiger partial charge in [-0.15, -0.1) is 0 Å². The van der Waals surface area contributed by atoms with Crippen molar-refractivity contribution < 1.29 is 9.18 Å². The van der Waals surface area contributed by atoms with Crippen LogP contribution in [0.1, 0.15) is 17.2 Å². The summed E-state index contributed by atoms with van der Waals surface area (Å²) in [5, 5.41) is 0. The van der Waals surface area contributed by atoms with Crippen molar-refractivity contribution in [1.29, 1.82) is 0 Å². The van der Waals surface area contributed by atoms with Crippen LogP contribution in [-0.2, 0) is 11.3 Å². The molecule has 3 nitrogen and oxygen atoms in total. The maximum Gasteiger partial charge on any atom is 0.242 e. The monoisotopic (exact) mass is 270 g/mol. The molecular formula is C16H15FN2O. The highest BCUT2D eigenvalue weighted by Gasteiger charge is 2.46.